The fraction of sp³-hybridized carbons (Fsp3) is 0.417. The second kappa shape index (κ2) is 8.68. The predicted molar refractivity (Wildman–Crippen MR) is 116 cm³/mol. The average Bonchev–Trinajstić information content (AvgIpc) is 3.04. The van der Waals surface area contributed by atoms with Crippen LogP contribution >= 0.6 is 0 Å². The van der Waals surface area contributed by atoms with E-state index in [2.05, 4.69) is 30.3 Å². The van der Waals surface area contributed by atoms with E-state index in [4.69, 9.17) is 0 Å². The molecule has 0 bridgehead atoms. The van der Waals surface area contributed by atoms with E-state index in [0.29, 0.717) is 12.5 Å². The van der Waals surface area contributed by atoms with Crippen LogP contribution in [0.3, 0.4) is 0 Å². The lowest BCUT2D eigenvalue weighted by atomic mass is 9.90. The van der Waals surface area contributed by atoms with Gasteiger partial charge in [-0.05, 0) is 56.2 Å². The highest BCUT2D eigenvalue weighted by Crippen LogP contribution is 2.23. The van der Waals surface area contributed by atoms with Crippen LogP contribution in [0.4, 0.5) is 0 Å². The van der Waals surface area contributed by atoms with Gasteiger partial charge in [0.1, 0.15) is 6.54 Å². The summed E-state index contributed by atoms with van der Waals surface area (Å²) in [6, 6.07) is 18.3. The average molecular weight is 392 g/mol. The Morgan fingerprint density at radius 3 is 2.21 bits per heavy atom. The standard InChI is InChI=1S/C24H29N3O2/c1-2-26-21-10-6-7-11-22(21)27(24(26)29)18-23(28)25-16-14-20(15-17-25)13-12-19-8-4-3-5-9-19/h3-11,20H,2,12-18H2,1H3. The van der Waals surface area contributed by atoms with Crippen LogP contribution in [0.2, 0.25) is 0 Å². The van der Waals surface area contributed by atoms with Gasteiger partial charge in [0, 0.05) is 19.6 Å². The minimum atomic E-state index is -0.0974. The van der Waals surface area contributed by atoms with Gasteiger partial charge in [-0.15, -0.1) is 0 Å². The molecule has 1 fully saturated rings. The molecule has 1 saturated heterocycles. The number of nitrogens with zero attached hydrogens (tertiary/aromatic N) is 3. The van der Waals surface area contributed by atoms with Gasteiger partial charge >= 0.3 is 5.69 Å². The van der Waals surface area contributed by atoms with Crippen LogP contribution in [0.25, 0.3) is 11.0 Å². The van der Waals surface area contributed by atoms with Gasteiger partial charge in [0.25, 0.3) is 0 Å². The highest BCUT2D eigenvalue weighted by atomic mass is 16.2. The van der Waals surface area contributed by atoms with Crippen LogP contribution in [0.15, 0.2) is 59.4 Å². The van der Waals surface area contributed by atoms with Crippen LogP contribution in [0, 0.1) is 5.92 Å². The Hall–Kier alpha value is -2.82. The molecule has 0 N–H and O–H groups in total. The Bertz CT molecular complexity index is 1030. The van der Waals surface area contributed by atoms with Gasteiger partial charge in [0.2, 0.25) is 5.91 Å². The number of imidazole rings is 1. The lowest BCUT2D eigenvalue weighted by Crippen LogP contribution is -2.41. The van der Waals surface area contributed by atoms with Crippen LogP contribution < -0.4 is 5.69 Å². The minimum Gasteiger partial charge on any atom is -0.341 e. The fourth-order valence-electron chi connectivity index (χ4n) is 4.45. The molecule has 0 aliphatic carbocycles. The zero-order valence-corrected chi connectivity index (χ0v) is 17.1. The van der Waals surface area contributed by atoms with Crippen molar-refractivity contribution in [2.45, 2.75) is 45.7 Å². The molecule has 152 valence electrons. The van der Waals surface area contributed by atoms with Crippen molar-refractivity contribution in [3.05, 3.63) is 70.6 Å². The van der Waals surface area contributed by atoms with Crippen LogP contribution in [0.5, 0.6) is 0 Å². The van der Waals surface area contributed by atoms with Gasteiger partial charge in [-0.25, -0.2) is 4.79 Å². The monoisotopic (exact) mass is 391 g/mol. The molecule has 0 unspecified atom stereocenters. The zero-order chi connectivity index (χ0) is 20.2. The summed E-state index contributed by atoms with van der Waals surface area (Å²) in [6.07, 6.45) is 4.37. The maximum atomic E-state index is 12.9. The first kappa shape index (κ1) is 19.5. The largest absolute Gasteiger partial charge is 0.341 e. The summed E-state index contributed by atoms with van der Waals surface area (Å²) in [5, 5.41) is 0. The van der Waals surface area contributed by atoms with E-state index in [0.717, 1.165) is 43.4 Å². The maximum Gasteiger partial charge on any atom is 0.329 e. The third-order valence-corrected chi connectivity index (χ3v) is 6.19. The molecular formula is C24H29N3O2. The SMILES string of the molecule is CCn1c(=O)n(CC(=O)N2CCC(CCc3ccccc3)CC2)c2ccccc21. The van der Waals surface area contributed by atoms with E-state index in [1.807, 2.05) is 36.1 Å². The number of amides is 1. The molecule has 5 nitrogen and oxygen atoms in total. The molecule has 0 radical (unpaired) electrons. The maximum absolute atomic E-state index is 12.9. The van der Waals surface area contributed by atoms with Crippen molar-refractivity contribution < 1.29 is 4.79 Å². The van der Waals surface area contributed by atoms with Crippen molar-refractivity contribution in [1.29, 1.82) is 0 Å². The lowest BCUT2D eigenvalue weighted by Gasteiger charge is -2.32. The number of aromatic nitrogens is 2. The van der Waals surface area contributed by atoms with Gasteiger partial charge in [0.05, 0.1) is 11.0 Å². The van der Waals surface area contributed by atoms with Crippen molar-refractivity contribution in [2.24, 2.45) is 5.92 Å². The second-order valence-corrected chi connectivity index (χ2v) is 7.95. The van der Waals surface area contributed by atoms with Crippen molar-refractivity contribution in [1.82, 2.24) is 14.0 Å². The Balaban J connectivity index is 1.37. The van der Waals surface area contributed by atoms with E-state index < -0.39 is 0 Å². The lowest BCUT2D eigenvalue weighted by molar-refractivity contribution is -0.133. The molecule has 0 saturated carbocycles. The first-order valence-electron chi connectivity index (χ1n) is 10.7. The number of aryl methyl sites for hydroxylation is 2. The Labute approximate surface area is 171 Å². The molecule has 0 atom stereocenters. The number of hydrogen-bond donors (Lipinski definition) is 0. The summed E-state index contributed by atoms with van der Waals surface area (Å²) in [6.45, 7) is 4.27. The first-order chi connectivity index (χ1) is 14.2. The van der Waals surface area contributed by atoms with E-state index in [-0.39, 0.29) is 18.1 Å². The molecule has 0 spiro atoms. The van der Waals surface area contributed by atoms with Gasteiger partial charge in [-0.2, -0.15) is 0 Å². The number of rotatable bonds is 6. The summed E-state index contributed by atoms with van der Waals surface area (Å²) in [5.41, 5.74) is 3.02. The van der Waals surface area contributed by atoms with E-state index in [1.165, 1.54) is 12.0 Å². The number of likely N-dealkylation sites (tertiary alicyclic amines) is 1. The molecule has 4 rings (SSSR count). The number of carbonyl (C=O) groups excluding carboxylic acids is 1. The number of hydrogen-bond acceptors (Lipinski definition) is 2. The summed E-state index contributed by atoms with van der Waals surface area (Å²) < 4.78 is 3.36. The number of piperidine rings is 1. The molecule has 1 amide bonds. The van der Waals surface area contributed by atoms with Crippen LogP contribution in [-0.4, -0.2) is 33.0 Å². The summed E-state index contributed by atoms with van der Waals surface area (Å²) in [4.78, 5) is 27.6. The molecule has 2 aromatic carbocycles. The topological polar surface area (TPSA) is 47.2 Å². The number of para-hydroxylation sites is 2. The molecule has 5 heteroatoms. The molecule has 2 heterocycles. The number of carbonyl (C=O) groups is 1. The van der Waals surface area contributed by atoms with Gasteiger partial charge in [0.15, 0.2) is 0 Å². The van der Waals surface area contributed by atoms with Crippen molar-refractivity contribution in [2.75, 3.05) is 13.1 Å². The smallest absolute Gasteiger partial charge is 0.329 e. The van der Waals surface area contributed by atoms with Crippen LogP contribution in [0.1, 0.15) is 31.7 Å². The van der Waals surface area contributed by atoms with E-state index in [9.17, 15) is 9.59 Å². The molecular weight excluding hydrogens is 362 g/mol. The molecule has 3 aromatic rings. The predicted octanol–water partition coefficient (Wildman–Crippen LogP) is 3.69. The van der Waals surface area contributed by atoms with Gasteiger partial charge < -0.3 is 4.90 Å². The first-order valence-corrected chi connectivity index (χ1v) is 10.7. The van der Waals surface area contributed by atoms with Crippen molar-refractivity contribution in [3.8, 4) is 0 Å². The highest BCUT2D eigenvalue weighted by molar-refractivity contribution is 5.81. The Morgan fingerprint density at radius 1 is 0.931 bits per heavy atom. The van der Waals surface area contributed by atoms with Crippen LogP contribution in [-0.2, 0) is 24.3 Å². The summed E-state index contributed by atoms with van der Waals surface area (Å²) in [5.74, 6) is 0.719. The quantitative estimate of drug-likeness (QED) is 0.643. The summed E-state index contributed by atoms with van der Waals surface area (Å²) in [7, 11) is 0. The Morgan fingerprint density at radius 2 is 1.55 bits per heavy atom. The van der Waals surface area contributed by atoms with E-state index in [1.54, 1.807) is 9.13 Å². The minimum absolute atomic E-state index is 0.0487. The second-order valence-electron chi connectivity index (χ2n) is 7.95. The fourth-order valence-corrected chi connectivity index (χ4v) is 4.45. The normalized spacial score (nSPS) is 15.1. The molecule has 1 aliphatic rings. The van der Waals surface area contributed by atoms with Crippen molar-refractivity contribution in [3.63, 3.8) is 0 Å². The van der Waals surface area contributed by atoms with Gasteiger partial charge in [-0.3, -0.25) is 13.9 Å². The third-order valence-electron chi connectivity index (χ3n) is 6.19. The zero-order valence-electron chi connectivity index (χ0n) is 17.1. The van der Waals surface area contributed by atoms with Crippen molar-refractivity contribution >= 4 is 16.9 Å². The molecule has 1 aliphatic heterocycles. The third kappa shape index (κ3) is 4.14. The van der Waals surface area contributed by atoms with Gasteiger partial charge in [-0.1, -0.05) is 42.5 Å². The summed E-state index contributed by atoms with van der Waals surface area (Å²) >= 11 is 0. The molecule has 1 aromatic heterocycles. The highest BCUT2D eigenvalue weighted by Gasteiger charge is 2.24. The molecule has 29 heavy (non-hydrogen) atoms. The number of benzene rings is 2. The van der Waals surface area contributed by atoms with E-state index >= 15 is 0 Å². The number of fused-ring (bicyclic) bond motifs is 1. The Kier molecular flexibility index (Phi) is 5.84.